The number of anilines is 1. The fraction of sp³-hybridized carbons (Fsp3) is 0.611. The van der Waals surface area contributed by atoms with Gasteiger partial charge in [0.1, 0.15) is 0 Å². The molecule has 0 spiro atoms. The molecule has 1 aliphatic rings. The Morgan fingerprint density at radius 3 is 2.24 bits per heavy atom. The van der Waals surface area contributed by atoms with Crippen LogP contribution in [0.25, 0.3) is 0 Å². The number of benzene rings is 1. The molecule has 1 aliphatic carbocycles. The first-order chi connectivity index (χ1) is 9.95. The molecule has 2 rings (SSSR count). The maximum absolute atomic E-state index is 11.0. The maximum atomic E-state index is 11.0. The lowest BCUT2D eigenvalue weighted by atomic mass is 9.79. The van der Waals surface area contributed by atoms with E-state index in [0.29, 0.717) is 12.6 Å². The fourth-order valence-electron chi connectivity index (χ4n) is 3.63. The molecule has 1 fully saturated rings. The Morgan fingerprint density at radius 1 is 1.14 bits per heavy atom. The number of aryl methyl sites for hydroxylation is 1. The molecule has 1 aromatic rings. The van der Waals surface area contributed by atoms with Crippen LogP contribution in [0.1, 0.15) is 45.1 Å². The third-order valence-electron chi connectivity index (χ3n) is 4.53. The molecule has 0 amide bonds. The summed E-state index contributed by atoms with van der Waals surface area (Å²) >= 11 is 0. The van der Waals surface area contributed by atoms with Gasteiger partial charge in [-0.05, 0) is 50.2 Å². The van der Waals surface area contributed by atoms with Crippen LogP contribution in [-0.4, -0.2) is 23.7 Å². The van der Waals surface area contributed by atoms with Crippen LogP contribution in [0.3, 0.4) is 0 Å². The molecule has 21 heavy (non-hydrogen) atoms. The van der Waals surface area contributed by atoms with Crippen molar-refractivity contribution in [2.45, 2.75) is 52.5 Å². The Balaban J connectivity index is 2.18. The number of carbonyl (C=O) groups is 1. The number of rotatable bonds is 5. The van der Waals surface area contributed by atoms with Gasteiger partial charge in [-0.15, -0.1) is 0 Å². The van der Waals surface area contributed by atoms with Crippen LogP contribution in [0.4, 0.5) is 5.69 Å². The van der Waals surface area contributed by atoms with Gasteiger partial charge in [0.25, 0.3) is 0 Å². The second-order valence-corrected chi connectivity index (χ2v) is 6.74. The summed E-state index contributed by atoms with van der Waals surface area (Å²) in [6.45, 7) is 7.30. The van der Waals surface area contributed by atoms with Crippen molar-refractivity contribution < 1.29 is 9.90 Å². The number of nitrogens with zero attached hydrogens (tertiary/aromatic N) is 1. The van der Waals surface area contributed by atoms with Crippen LogP contribution in [-0.2, 0) is 4.79 Å². The number of aliphatic carboxylic acids is 1. The summed E-state index contributed by atoms with van der Waals surface area (Å²) in [6.07, 6.45) is 3.82. The molecule has 3 nitrogen and oxygen atoms in total. The molecule has 1 saturated carbocycles. The maximum Gasteiger partial charge on any atom is 0.305 e. The molecule has 1 aromatic carbocycles. The predicted molar refractivity (Wildman–Crippen MR) is 86.7 cm³/mol. The first-order valence-electron chi connectivity index (χ1n) is 8.00. The summed E-state index contributed by atoms with van der Waals surface area (Å²) in [7, 11) is 0. The van der Waals surface area contributed by atoms with Gasteiger partial charge in [-0.2, -0.15) is 0 Å². The van der Waals surface area contributed by atoms with Crippen molar-refractivity contribution in [1.29, 1.82) is 0 Å². The molecular formula is C18H27NO2. The molecule has 2 atom stereocenters. The summed E-state index contributed by atoms with van der Waals surface area (Å²) in [5.41, 5.74) is 2.40. The highest BCUT2D eigenvalue weighted by atomic mass is 16.4. The van der Waals surface area contributed by atoms with Gasteiger partial charge < -0.3 is 10.0 Å². The highest BCUT2D eigenvalue weighted by Crippen LogP contribution is 2.34. The molecular weight excluding hydrogens is 262 g/mol. The van der Waals surface area contributed by atoms with Gasteiger partial charge in [-0.3, -0.25) is 4.79 Å². The van der Waals surface area contributed by atoms with Crippen LogP contribution in [0.5, 0.6) is 0 Å². The molecule has 1 N–H and O–H groups in total. The van der Waals surface area contributed by atoms with Crippen molar-refractivity contribution in [2.75, 3.05) is 11.4 Å². The van der Waals surface area contributed by atoms with Gasteiger partial charge in [0, 0.05) is 18.3 Å². The third-order valence-corrected chi connectivity index (χ3v) is 4.53. The second kappa shape index (κ2) is 6.97. The zero-order valence-electron chi connectivity index (χ0n) is 13.4. The second-order valence-electron chi connectivity index (χ2n) is 6.74. The Morgan fingerprint density at radius 2 is 1.71 bits per heavy atom. The molecule has 2 unspecified atom stereocenters. The van der Waals surface area contributed by atoms with E-state index in [1.54, 1.807) is 0 Å². The van der Waals surface area contributed by atoms with Gasteiger partial charge in [0.05, 0.1) is 6.42 Å². The monoisotopic (exact) mass is 289 g/mol. The minimum atomic E-state index is -0.719. The lowest BCUT2D eigenvalue weighted by Gasteiger charge is -2.40. The van der Waals surface area contributed by atoms with Crippen LogP contribution in [0, 0.1) is 18.8 Å². The molecule has 0 radical (unpaired) electrons. The standard InChI is InChI=1S/C18H27NO2/c1-13-4-6-16(7-5-13)19(9-8-18(20)21)17-11-14(2)10-15(3)12-17/h4-7,14-15,17H,8-12H2,1-3H3,(H,20,21). The molecule has 116 valence electrons. The van der Waals surface area contributed by atoms with E-state index in [4.69, 9.17) is 5.11 Å². The first kappa shape index (κ1) is 15.9. The van der Waals surface area contributed by atoms with Crippen molar-refractivity contribution >= 4 is 11.7 Å². The van der Waals surface area contributed by atoms with Gasteiger partial charge in [-0.1, -0.05) is 31.5 Å². The zero-order valence-corrected chi connectivity index (χ0v) is 13.4. The number of carboxylic acid groups (broad SMARTS) is 1. The Hall–Kier alpha value is -1.51. The molecule has 0 saturated heterocycles. The van der Waals surface area contributed by atoms with Crippen LogP contribution in [0.2, 0.25) is 0 Å². The van der Waals surface area contributed by atoms with Crippen molar-refractivity contribution in [3.05, 3.63) is 29.8 Å². The van der Waals surface area contributed by atoms with Crippen molar-refractivity contribution in [3.8, 4) is 0 Å². The largest absolute Gasteiger partial charge is 0.481 e. The number of hydrogen-bond acceptors (Lipinski definition) is 2. The molecule has 0 bridgehead atoms. The van der Waals surface area contributed by atoms with Crippen LogP contribution < -0.4 is 4.90 Å². The minimum Gasteiger partial charge on any atom is -0.481 e. The van der Waals surface area contributed by atoms with Gasteiger partial charge in [0.2, 0.25) is 0 Å². The average Bonchev–Trinajstić information content (AvgIpc) is 2.39. The van der Waals surface area contributed by atoms with E-state index in [-0.39, 0.29) is 6.42 Å². The highest BCUT2D eigenvalue weighted by molar-refractivity contribution is 5.67. The Labute approximate surface area is 128 Å². The van der Waals surface area contributed by atoms with Crippen molar-refractivity contribution in [1.82, 2.24) is 0 Å². The van der Waals surface area contributed by atoms with E-state index in [1.807, 2.05) is 0 Å². The summed E-state index contributed by atoms with van der Waals surface area (Å²) in [5, 5.41) is 9.03. The van der Waals surface area contributed by atoms with Crippen molar-refractivity contribution in [2.24, 2.45) is 11.8 Å². The van der Waals surface area contributed by atoms with Gasteiger partial charge >= 0.3 is 5.97 Å². The SMILES string of the molecule is Cc1ccc(N(CCC(=O)O)C2CC(C)CC(C)C2)cc1. The normalized spacial score (nSPS) is 25.6. The lowest BCUT2D eigenvalue weighted by Crippen LogP contribution is -2.41. The smallest absolute Gasteiger partial charge is 0.305 e. The average molecular weight is 289 g/mol. The Bertz CT molecular complexity index is 459. The zero-order chi connectivity index (χ0) is 15.4. The molecule has 0 heterocycles. The highest BCUT2D eigenvalue weighted by Gasteiger charge is 2.28. The topological polar surface area (TPSA) is 40.5 Å². The van der Waals surface area contributed by atoms with E-state index in [0.717, 1.165) is 30.4 Å². The number of hydrogen-bond donors (Lipinski definition) is 1. The fourth-order valence-corrected chi connectivity index (χ4v) is 3.63. The first-order valence-corrected chi connectivity index (χ1v) is 8.00. The predicted octanol–water partition coefficient (Wildman–Crippen LogP) is 4.10. The summed E-state index contributed by atoms with van der Waals surface area (Å²) in [4.78, 5) is 13.3. The summed E-state index contributed by atoms with van der Waals surface area (Å²) in [5.74, 6) is 0.720. The quantitative estimate of drug-likeness (QED) is 0.887. The van der Waals surface area contributed by atoms with Gasteiger partial charge in [0.15, 0.2) is 0 Å². The van der Waals surface area contributed by atoms with E-state index in [9.17, 15) is 4.79 Å². The van der Waals surface area contributed by atoms with Crippen molar-refractivity contribution in [3.63, 3.8) is 0 Å². The van der Waals surface area contributed by atoms with E-state index in [1.165, 1.54) is 12.0 Å². The molecule has 0 aromatic heterocycles. The van der Waals surface area contributed by atoms with E-state index in [2.05, 4.69) is 49.9 Å². The third kappa shape index (κ3) is 4.48. The van der Waals surface area contributed by atoms with E-state index >= 15 is 0 Å². The van der Waals surface area contributed by atoms with E-state index < -0.39 is 5.97 Å². The Kier molecular flexibility index (Phi) is 5.27. The molecule has 0 aliphatic heterocycles. The van der Waals surface area contributed by atoms with Crippen LogP contribution in [0.15, 0.2) is 24.3 Å². The minimum absolute atomic E-state index is 0.202. The number of carboxylic acids is 1. The summed E-state index contributed by atoms with van der Waals surface area (Å²) in [6, 6.07) is 8.94. The van der Waals surface area contributed by atoms with Crippen LogP contribution >= 0.6 is 0 Å². The van der Waals surface area contributed by atoms with Gasteiger partial charge in [-0.25, -0.2) is 0 Å². The summed E-state index contributed by atoms with van der Waals surface area (Å²) < 4.78 is 0. The molecule has 3 heteroatoms. The lowest BCUT2D eigenvalue weighted by molar-refractivity contribution is -0.136.